The Labute approximate surface area is 188 Å². The van der Waals surface area contributed by atoms with Crippen LogP contribution in [0.25, 0.3) is 11.1 Å². The van der Waals surface area contributed by atoms with Crippen molar-refractivity contribution in [1.29, 1.82) is 0 Å². The largest absolute Gasteiger partial charge is 0.480 e. The van der Waals surface area contributed by atoms with Crippen LogP contribution in [-0.4, -0.2) is 41.8 Å². The molecule has 2 aromatic rings. The third-order valence-corrected chi connectivity index (χ3v) is 5.80. The number of fused-ring (bicyclic) bond motifs is 3. The molecule has 0 radical (unpaired) electrons. The first-order chi connectivity index (χ1) is 15.2. The summed E-state index contributed by atoms with van der Waals surface area (Å²) in [6.45, 7) is 7.11. The lowest BCUT2D eigenvalue weighted by Crippen LogP contribution is -2.55. The molecule has 0 spiro atoms. The molecule has 0 aromatic heterocycles. The third kappa shape index (κ3) is 4.93. The first kappa shape index (κ1) is 23.3. The SMILES string of the molecule is CC(C)[C@@H](NC(=O)[C@H](NC(=O)OCC1c2ccccc2-c2ccccc21)C(C)C)C(=O)O. The van der Waals surface area contributed by atoms with Crippen molar-refractivity contribution in [2.45, 2.75) is 45.7 Å². The third-order valence-electron chi connectivity index (χ3n) is 5.80. The molecule has 2 amide bonds. The van der Waals surface area contributed by atoms with E-state index in [4.69, 9.17) is 4.74 Å². The standard InChI is InChI=1S/C25H30N2O5/c1-14(2)21(23(28)26-22(15(3)4)24(29)30)27-25(31)32-13-20-18-11-7-5-9-16(18)17-10-6-8-12-19(17)20/h5-12,14-15,20-22H,13H2,1-4H3,(H,26,28)(H,27,31)(H,29,30)/t21-,22-/m1/s1. The van der Waals surface area contributed by atoms with E-state index in [0.717, 1.165) is 22.3 Å². The monoisotopic (exact) mass is 438 g/mol. The average Bonchev–Trinajstić information content (AvgIpc) is 3.07. The van der Waals surface area contributed by atoms with Crippen molar-refractivity contribution in [3.8, 4) is 11.1 Å². The summed E-state index contributed by atoms with van der Waals surface area (Å²) in [7, 11) is 0. The molecule has 2 aromatic carbocycles. The number of benzene rings is 2. The maximum absolute atomic E-state index is 12.7. The lowest BCUT2D eigenvalue weighted by Gasteiger charge is -2.25. The highest BCUT2D eigenvalue weighted by molar-refractivity contribution is 5.89. The van der Waals surface area contributed by atoms with Gasteiger partial charge < -0.3 is 20.5 Å². The van der Waals surface area contributed by atoms with Gasteiger partial charge >= 0.3 is 12.1 Å². The normalized spacial score (nSPS) is 14.4. The van der Waals surface area contributed by atoms with E-state index in [0.29, 0.717) is 0 Å². The van der Waals surface area contributed by atoms with Gasteiger partial charge in [-0.05, 0) is 34.1 Å². The molecule has 3 rings (SSSR count). The number of hydrogen-bond donors (Lipinski definition) is 3. The summed E-state index contributed by atoms with van der Waals surface area (Å²) in [6, 6.07) is 14.1. The molecule has 2 atom stereocenters. The number of alkyl carbamates (subject to hydrolysis) is 1. The van der Waals surface area contributed by atoms with E-state index in [2.05, 4.69) is 22.8 Å². The predicted molar refractivity (Wildman–Crippen MR) is 121 cm³/mol. The van der Waals surface area contributed by atoms with Gasteiger partial charge in [-0.25, -0.2) is 9.59 Å². The van der Waals surface area contributed by atoms with E-state index in [9.17, 15) is 19.5 Å². The van der Waals surface area contributed by atoms with Crippen LogP contribution < -0.4 is 10.6 Å². The Kier molecular flexibility index (Phi) is 7.18. The second kappa shape index (κ2) is 9.85. The van der Waals surface area contributed by atoms with E-state index in [1.54, 1.807) is 27.7 Å². The number of nitrogens with one attached hydrogen (secondary N) is 2. The Morgan fingerprint density at radius 3 is 1.81 bits per heavy atom. The first-order valence-corrected chi connectivity index (χ1v) is 10.8. The highest BCUT2D eigenvalue weighted by atomic mass is 16.5. The summed E-state index contributed by atoms with van der Waals surface area (Å²) in [4.78, 5) is 36.7. The van der Waals surface area contributed by atoms with Gasteiger partial charge in [0, 0.05) is 5.92 Å². The maximum Gasteiger partial charge on any atom is 0.407 e. The van der Waals surface area contributed by atoms with Crippen molar-refractivity contribution in [2.75, 3.05) is 6.61 Å². The molecule has 1 aliphatic rings. The topological polar surface area (TPSA) is 105 Å². The van der Waals surface area contributed by atoms with E-state index in [1.807, 2.05) is 36.4 Å². The second-order valence-electron chi connectivity index (χ2n) is 8.76. The van der Waals surface area contributed by atoms with Crippen LogP contribution in [-0.2, 0) is 14.3 Å². The number of aliphatic carboxylic acids is 1. The van der Waals surface area contributed by atoms with Crippen LogP contribution in [0.3, 0.4) is 0 Å². The van der Waals surface area contributed by atoms with Crippen molar-refractivity contribution in [3.05, 3.63) is 59.7 Å². The van der Waals surface area contributed by atoms with Crippen LogP contribution in [0, 0.1) is 11.8 Å². The molecule has 0 saturated heterocycles. The Bertz CT molecular complexity index is 956. The number of hydrogen-bond acceptors (Lipinski definition) is 4. The molecule has 1 aliphatic carbocycles. The van der Waals surface area contributed by atoms with Crippen LogP contribution >= 0.6 is 0 Å². The molecule has 3 N–H and O–H groups in total. The molecule has 0 bridgehead atoms. The fourth-order valence-corrected chi connectivity index (χ4v) is 4.06. The Balaban J connectivity index is 1.67. The molecule has 32 heavy (non-hydrogen) atoms. The molecule has 7 heteroatoms. The number of ether oxygens (including phenoxy) is 1. The minimum atomic E-state index is -1.11. The minimum absolute atomic E-state index is 0.0863. The smallest absolute Gasteiger partial charge is 0.407 e. The zero-order chi connectivity index (χ0) is 23.4. The van der Waals surface area contributed by atoms with Crippen LogP contribution in [0.2, 0.25) is 0 Å². The highest BCUT2D eigenvalue weighted by Gasteiger charge is 2.32. The number of amides is 2. The number of carbonyl (C=O) groups is 3. The average molecular weight is 439 g/mol. The number of carboxylic acid groups (broad SMARTS) is 1. The number of carbonyl (C=O) groups excluding carboxylic acids is 2. The van der Waals surface area contributed by atoms with Gasteiger partial charge in [0.15, 0.2) is 0 Å². The summed E-state index contributed by atoms with van der Waals surface area (Å²) >= 11 is 0. The molecular weight excluding hydrogens is 408 g/mol. The van der Waals surface area contributed by atoms with Gasteiger partial charge in [0.05, 0.1) is 0 Å². The van der Waals surface area contributed by atoms with Crippen LogP contribution in [0.15, 0.2) is 48.5 Å². The Morgan fingerprint density at radius 2 is 1.34 bits per heavy atom. The molecule has 0 aliphatic heterocycles. The van der Waals surface area contributed by atoms with Crippen LogP contribution in [0.5, 0.6) is 0 Å². The van der Waals surface area contributed by atoms with Crippen molar-refractivity contribution in [1.82, 2.24) is 10.6 Å². The Hall–Kier alpha value is -3.35. The van der Waals surface area contributed by atoms with Gasteiger partial charge in [0.1, 0.15) is 18.7 Å². The van der Waals surface area contributed by atoms with E-state index in [-0.39, 0.29) is 24.4 Å². The van der Waals surface area contributed by atoms with Crippen molar-refractivity contribution >= 4 is 18.0 Å². The molecule has 0 heterocycles. The van der Waals surface area contributed by atoms with Crippen molar-refractivity contribution in [2.24, 2.45) is 11.8 Å². The molecule has 0 fully saturated rings. The molecule has 0 saturated carbocycles. The van der Waals surface area contributed by atoms with Crippen LogP contribution in [0.1, 0.15) is 44.7 Å². The fraction of sp³-hybridized carbons (Fsp3) is 0.400. The lowest BCUT2D eigenvalue weighted by molar-refractivity contribution is -0.143. The van der Waals surface area contributed by atoms with E-state index in [1.165, 1.54) is 0 Å². The number of rotatable bonds is 8. The van der Waals surface area contributed by atoms with Gasteiger partial charge in [-0.2, -0.15) is 0 Å². The maximum atomic E-state index is 12.7. The van der Waals surface area contributed by atoms with Gasteiger partial charge in [-0.3, -0.25) is 4.79 Å². The lowest BCUT2D eigenvalue weighted by atomic mass is 9.98. The summed E-state index contributed by atoms with van der Waals surface area (Å²) in [5.74, 6) is -2.29. The van der Waals surface area contributed by atoms with Crippen molar-refractivity contribution in [3.63, 3.8) is 0 Å². The highest BCUT2D eigenvalue weighted by Crippen LogP contribution is 2.44. The summed E-state index contributed by atoms with van der Waals surface area (Å²) in [5.41, 5.74) is 4.46. The quantitative estimate of drug-likeness (QED) is 0.582. The van der Waals surface area contributed by atoms with E-state index >= 15 is 0 Å². The molecule has 0 unspecified atom stereocenters. The zero-order valence-corrected chi connectivity index (χ0v) is 18.8. The number of carboxylic acids is 1. The summed E-state index contributed by atoms with van der Waals surface area (Å²) < 4.78 is 5.52. The first-order valence-electron chi connectivity index (χ1n) is 10.8. The minimum Gasteiger partial charge on any atom is -0.480 e. The molecular formula is C25H30N2O5. The second-order valence-corrected chi connectivity index (χ2v) is 8.76. The van der Waals surface area contributed by atoms with E-state index < -0.39 is 30.1 Å². The Morgan fingerprint density at radius 1 is 0.844 bits per heavy atom. The van der Waals surface area contributed by atoms with Gasteiger partial charge in [-0.1, -0.05) is 76.2 Å². The summed E-state index contributed by atoms with van der Waals surface area (Å²) in [6.07, 6.45) is -0.711. The van der Waals surface area contributed by atoms with Gasteiger partial charge in [-0.15, -0.1) is 0 Å². The molecule has 7 nitrogen and oxygen atoms in total. The van der Waals surface area contributed by atoms with Gasteiger partial charge in [0.2, 0.25) is 5.91 Å². The zero-order valence-electron chi connectivity index (χ0n) is 18.8. The molecule has 170 valence electrons. The summed E-state index contributed by atoms with van der Waals surface area (Å²) in [5, 5.41) is 14.5. The van der Waals surface area contributed by atoms with Crippen molar-refractivity contribution < 1.29 is 24.2 Å². The van der Waals surface area contributed by atoms with Crippen LogP contribution in [0.4, 0.5) is 4.79 Å². The fourth-order valence-electron chi connectivity index (χ4n) is 4.06. The predicted octanol–water partition coefficient (Wildman–Crippen LogP) is 3.78. The van der Waals surface area contributed by atoms with Gasteiger partial charge in [0.25, 0.3) is 0 Å².